The number of benzene rings is 2. The second kappa shape index (κ2) is 17.1. The van der Waals surface area contributed by atoms with Crippen molar-refractivity contribution in [1.82, 2.24) is 0 Å². The molecule has 0 unspecified atom stereocenters. The van der Waals surface area contributed by atoms with Crippen LogP contribution in [-0.2, 0) is 9.16 Å². The largest absolute Gasteiger partial charge is 0.519 e. The predicted octanol–water partition coefficient (Wildman–Crippen LogP) is 11.8. The van der Waals surface area contributed by atoms with E-state index in [4.69, 9.17) is 9.16 Å². The molecule has 0 aliphatic heterocycles. The highest BCUT2D eigenvalue weighted by atomic mass is 31.2. The minimum absolute atomic E-state index is 0.758. The maximum absolute atomic E-state index is 7.42. The first-order valence-corrected chi connectivity index (χ1v) is 21.3. The molecule has 2 aromatic carbocycles. The van der Waals surface area contributed by atoms with Crippen molar-refractivity contribution in [3.05, 3.63) is 83.2 Å². The van der Waals surface area contributed by atoms with Crippen molar-refractivity contribution >= 4 is 26.7 Å². The van der Waals surface area contributed by atoms with Crippen LogP contribution in [0.1, 0.15) is 97.1 Å². The van der Waals surface area contributed by atoms with Crippen molar-refractivity contribution in [1.29, 1.82) is 0 Å². The maximum Gasteiger partial charge on any atom is 0.277 e. The third kappa shape index (κ3) is 10.3. The highest BCUT2D eigenvalue weighted by Crippen LogP contribution is 2.70. The Kier molecular flexibility index (Phi) is 14.6. The van der Waals surface area contributed by atoms with E-state index in [9.17, 15) is 0 Å². The number of hydrogen-bond donors (Lipinski definition) is 0. The van der Waals surface area contributed by atoms with Gasteiger partial charge < -0.3 is 9.16 Å². The van der Waals surface area contributed by atoms with E-state index < -0.39 is 15.6 Å². The summed E-state index contributed by atoms with van der Waals surface area (Å²) in [7, 11) is -3.55. The van der Waals surface area contributed by atoms with Gasteiger partial charge in [0.25, 0.3) is 11.4 Å². The minimum atomic E-state index is -1.95. The average Bonchev–Trinajstić information content (AvgIpc) is 2.93. The van der Waals surface area contributed by atoms with Gasteiger partial charge in [0, 0.05) is 11.1 Å². The summed E-state index contributed by atoms with van der Waals surface area (Å²) in [6, 6.07) is 21.7. The van der Waals surface area contributed by atoms with Gasteiger partial charge in [0.05, 0.1) is 25.7 Å². The van der Waals surface area contributed by atoms with Crippen molar-refractivity contribution in [2.24, 2.45) is 0 Å². The summed E-state index contributed by atoms with van der Waals surface area (Å²) in [6.45, 7) is 18.3. The molecule has 0 atom stereocenters. The van der Waals surface area contributed by atoms with Crippen molar-refractivity contribution < 1.29 is 9.16 Å². The van der Waals surface area contributed by atoms with Crippen LogP contribution in [0.4, 0.5) is 0 Å². The lowest BCUT2D eigenvalue weighted by molar-refractivity contribution is 0.173. The van der Waals surface area contributed by atoms with Crippen LogP contribution in [0, 0.1) is 0 Å². The normalized spacial score (nSPS) is 13.5. The molecule has 0 saturated carbocycles. The first-order chi connectivity index (χ1) is 18.7. The summed E-state index contributed by atoms with van der Waals surface area (Å²) in [5.41, 5.74) is 6.34. The topological polar surface area (TPSA) is 18.5 Å². The van der Waals surface area contributed by atoms with Gasteiger partial charge in [0.15, 0.2) is 0 Å². The Morgan fingerprint density at radius 1 is 0.615 bits per heavy atom. The van der Waals surface area contributed by atoms with Gasteiger partial charge in [-0.3, -0.25) is 0 Å². The Hall–Kier alpha value is -1.83. The Balaban J connectivity index is 2.93. The zero-order chi connectivity index (χ0) is 28.7. The number of unbranched alkanes of at least 4 members (excludes halogenated alkanes) is 3. The van der Waals surface area contributed by atoms with Crippen LogP contribution in [0.2, 0.25) is 19.6 Å². The highest BCUT2D eigenvalue weighted by molar-refractivity contribution is 7.79. The molecule has 2 nitrogen and oxygen atoms in total. The fourth-order valence-corrected chi connectivity index (χ4v) is 11.1. The molecular weight excluding hydrogens is 511 g/mol. The summed E-state index contributed by atoms with van der Waals surface area (Å²) in [5, 5.41) is 0. The maximum atomic E-state index is 7.42. The van der Waals surface area contributed by atoms with E-state index in [1.807, 2.05) is 0 Å². The quantitative estimate of drug-likeness (QED) is 0.101. The van der Waals surface area contributed by atoms with Gasteiger partial charge in [-0.25, -0.2) is 0 Å². The fourth-order valence-electron chi connectivity index (χ4n) is 5.20. The van der Waals surface area contributed by atoms with E-state index in [0.717, 1.165) is 18.8 Å². The molecule has 0 aliphatic carbocycles. The van der Waals surface area contributed by atoms with E-state index in [1.54, 1.807) is 0 Å². The van der Waals surface area contributed by atoms with Gasteiger partial charge in [-0.2, -0.15) is 0 Å². The van der Waals surface area contributed by atoms with Crippen LogP contribution in [0.15, 0.2) is 72.1 Å². The lowest BCUT2D eigenvalue weighted by atomic mass is 10.0. The first-order valence-electron chi connectivity index (χ1n) is 15.6. The van der Waals surface area contributed by atoms with Gasteiger partial charge in [0.2, 0.25) is 8.32 Å². The SMILES string of the molecule is CCCC[P+](CCCC)(CCCC)/C(O/C(O[Si](C)(C)C)=C(/CC)c1ccccc1)=C(\CC)c1ccccc1. The minimum Gasteiger partial charge on any atom is -0.519 e. The van der Waals surface area contributed by atoms with Crippen LogP contribution >= 0.6 is 7.26 Å². The van der Waals surface area contributed by atoms with Crippen LogP contribution in [0.3, 0.4) is 0 Å². The van der Waals surface area contributed by atoms with E-state index in [0.29, 0.717) is 0 Å². The third-order valence-corrected chi connectivity index (χ3v) is 12.8. The van der Waals surface area contributed by atoms with Crippen molar-refractivity contribution in [3.63, 3.8) is 0 Å². The molecule has 2 rings (SSSR count). The molecule has 0 heterocycles. The van der Waals surface area contributed by atoms with Gasteiger partial charge in [-0.15, -0.1) is 0 Å². The summed E-state index contributed by atoms with van der Waals surface area (Å²) in [5.74, 6) is 0.758. The Labute approximate surface area is 242 Å². The van der Waals surface area contributed by atoms with Crippen molar-refractivity contribution in [2.75, 3.05) is 18.5 Å². The van der Waals surface area contributed by atoms with Gasteiger partial charge in [-0.1, -0.05) is 115 Å². The highest BCUT2D eigenvalue weighted by Gasteiger charge is 2.45. The third-order valence-electron chi connectivity index (χ3n) is 7.29. The van der Waals surface area contributed by atoms with E-state index in [-0.39, 0.29) is 0 Å². The van der Waals surface area contributed by atoms with Crippen LogP contribution in [-0.4, -0.2) is 26.8 Å². The number of ether oxygens (including phenoxy) is 1. The molecule has 39 heavy (non-hydrogen) atoms. The number of allylic oxidation sites excluding steroid dienone is 2. The zero-order valence-corrected chi connectivity index (χ0v) is 28.2. The molecule has 0 bridgehead atoms. The molecule has 0 radical (unpaired) electrons. The molecule has 216 valence electrons. The summed E-state index contributed by atoms with van der Waals surface area (Å²) in [6.07, 6.45) is 13.1. The molecule has 4 heteroatoms. The Morgan fingerprint density at radius 3 is 1.38 bits per heavy atom. The smallest absolute Gasteiger partial charge is 0.277 e. The van der Waals surface area contributed by atoms with E-state index >= 15 is 0 Å². The molecule has 0 N–H and O–H groups in total. The van der Waals surface area contributed by atoms with Gasteiger partial charge in [-0.05, 0) is 62.9 Å². The molecule has 0 spiro atoms. The fraction of sp³-hybridized carbons (Fsp3) is 0.543. The second-order valence-electron chi connectivity index (χ2n) is 11.7. The predicted molar refractivity (Wildman–Crippen MR) is 179 cm³/mol. The summed E-state index contributed by atoms with van der Waals surface area (Å²) < 4.78 is 14.3. The van der Waals surface area contributed by atoms with E-state index in [2.05, 4.69) is 115 Å². The average molecular weight is 568 g/mol. The molecule has 0 fully saturated rings. The Bertz CT molecular complexity index is 1000. The lowest BCUT2D eigenvalue weighted by Crippen LogP contribution is -2.27. The van der Waals surface area contributed by atoms with Gasteiger partial charge in [0.1, 0.15) is 0 Å². The number of hydrogen-bond acceptors (Lipinski definition) is 2. The zero-order valence-electron chi connectivity index (χ0n) is 26.3. The lowest BCUT2D eigenvalue weighted by Gasteiger charge is -2.33. The summed E-state index contributed by atoms with van der Waals surface area (Å²) in [4.78, 5) is 0. The van der Waals surface area contributed by atoms with Gasteiger partial charge >= 0.3 is 0 Å². The molecular formula is C35H56O2PSi+. The van der Waals surface area contributed by atoms with Crippen molar-refractivity contribution in [3.8, 4) is 0 Å². The molecule has 0 amide bonds. The molecule has 0 aromatic heterocycles. The van der Waals surface area contributed by atoms with Crippen LogP contribution < -0.4 is 0 Å². The van der Waals surface area contributed by atoms with Crippen LogP contribution in [0.5, 0.6) is 0 Å². The Morgan fingerprint density at radius 2 is 1.03 bits per heavy atom. The van der Waals surface area contributed by atoms with E-state index in [1.165, 1.54) is 84.8 Å². The first kappa shape index (κ1) is 33.4. The monoisotopic (exact) mass is 567 g/mol. The summed E-state index contributed by atoms with van der Waals surface area (Å²) >= 11 is 0. The van der Waals surface area contributed by atoms with Crippen molar-refractivity contribution in [2.45, 2.75) is 106 Å². The molecule has 0 saturated heterocycles. The standard InChI is InChI=1S/C35H56O2PSi/c1-9-14-27-38(28-15-10-2,29-16-11-3)35(33(13-5)31-25-21-18-22-26-31)36-34(37-39(6,7)8)32(12-4)30-23-19-17-20-24-30/h17-26H,9-16,27-29H2,1-8H3/q+1/b34-32+,35-33+. The number of rotatable bonds is 18. The molecule has 0 aliphatic rings. The second-order valence-corrected chi connectivity index (χ2v) is 20.1. The molecule has 2 aromatic rings. The van der Waals surface area contributed by atoms with Crippen LogP contribution in [0.25, 0.3) is 11.1 Å².